The van der Waals surface area contributed by atoms with Gasteiger partial charge in [-0.25, -0.2) is 19.3 Å². The number of methoxy groups -OCH3 is 1. The highest BCUT2D eigenvalue weighted by Crippen LogP contribution is 2.30. The summed E-state index contributed by atoms with van der Waals surface area (Å²) in [7, 11) is 3.17. The lowest BCUT2D eigenvalue weighted by Crippen LogP contribution is -2.36. The maximum atomic E-state index is 13.3. The van der Waals surface area contributed by atoms with Crippen LogP contribution < -0.4 is 16.1 Å². The quantitative estimate of drug-likeness (QED) is 0.376. The monoisotopic (exact) mass is 469 g/mol. The van der Waals surface area contributed by atoms with Crippen molar-refractivity contribution >= 4 is 11.1 Å². The first-order valence-electron chi connectivity index (χ1n) is 11.1. The van der Waals surface area contributed by atoms with Gasteiger partial charge in [-0.05, 0) is 18.1 Å². The Kier molecular flexibility index (Phi) is 5.74. The molecule has 0 bridgehead atoms. The molecule has 176 valence electrons. The molecule has 0 saturated carbocycles. The van der Waals surface area contributed by atoms with E-state index in [1.165, 1.54) is 19.4 Å². The Morgan fingerprint density at radius 2 is 1.57 bits per heavy atom. The van der Waals surface area contributed by atoms with Gasteiger partial charge in [-0.2, -0.15) is 5.10 Å². The fourth-order valence-corrected chi connectivity index (χ4v) is 4.31. The Hall–Kier alpha value is -4.53. The zero-order valence-corrected chi connectivity index (χ0v) is 19.5. The minimum atomic E-state index is -0.825. The fraction of sp³-hybridized carbons (Fsp3) is 0.192. The van der Waals surface area contributed by atoms with Crippen LogP contribution in [0.15, 0.2) is 86.9 Å². The third-order valence-corrected chi connectivity index (χ3v) is 5.99. The third kappa shape index (κ3) is 3.90. The number of hydrogen-bond acceptors (Lipinski definition) is 7. The molecule has 0 radical (unpaired) electrons. The van der Waals surface area contributed by atoms with Crippen molar-refractivity contribution in [1.82, 2.24) is 24.3 Å². The molecule has 0 fully saturated rings. The number of nitrogens with zero attached hydrogens (tertiary/aromatic N) is 5. The molecule has 5 aromatic rings. The molecule has 1 atom stereocenters. The summed E-state index contributed by atoms with van der Waals surface area (Å²) in [5, 5.41) is 4.68. The van der Waals surface area contributed by atoms with Crippen molar-refractivity contribution in [2.24, 2.45) is 7.05 Å². The van der Waals surface area contributed by atoms with Crippen molar-refractivity contribution in [3.8, 4) is 5.75 Å². The van der Waals surface area contributed by atoms with Gasteiger partial charge < -0.3 is 9.15 Å². The molecule has 9 nitrogen and oxygen atoms in total. The molecule has 0 spiro atoms. The average molecular weight is 470 g/mol. The van der Waals surface area contributed by atoms with Crippen molar-refractivity contribution in [3.63, 3.8) is 0 Å². The van der Waals surface area contributed by atoms with Crippen LogP contribution in [0.3, 0.4) is 0 Å². The average Bonchev–Trinajstić information content (AvgIpc) is 3.26. The Labute approximate surface area is 200 Å². The van der Waals surface area contributed by atoms with Gasteiger partial charge in [0.15, 0.2) is 17.1 Å². The van der Waals surface area contributed by atoms with E-state index in [2.05, 4.69) is 10.1 Å². The minimum Gasteiger partial charge on any atom is -0.493 e. The summed E-state index contributed by atoms with van der Waals surface area (Å²) in [6, 6.07) is 20.7. The molecule has 0 N–H and O–H groups in total. The fourth-order valence-electron chi connectivity index (χ4n) is 4.31. The maximum Gasteiger partial charge on any atom is 0.423 e. The topological polar surface area (TPSA) is 105 Å². The van der Waals surface area contributed by atoms with E-state index in [0.717, 1.165) is 15.7 Å². The lowest BCUT2D eigenvalue weighted by molar-refractivity contribution is 0.386. The van der Waals surface area contributed by atoms with E-state index < -0.39 is 17.4 Å². The standard InChI is InChI=1S/C26H23N5O4/c1-16(31-25(32)21-22(35-26(31)33)19(34-3)14-15-27-21)24-28-23(29-30(24)2)20(17-10-6-4-7-11-17)18-12-8-5-9-13-18/h4-16,20H,1-3H3/t16-/m0/s1. The molecule has 0 unspecified atom stereocenters. The van der Waals surface area contributed by atoms with E-state index >= 15 is 0 Å². The summed E-state index contributed by atoms with van der Waals surface area (Å²) in [6.07, 6.45) is 1.43. The van der Waals surface area contributed by atoms with Gasteiger partial charge in [-0.15, -0.1) is 0 Å². The van der Waals surface area contributed by atoms with E-state index in [0.29, 0.717) is 11.6 Å². The zero-order chi connectivity index (χ0) is 24.5. The van der Waals surface area contributed by atoms with Crippen molar-refractivity contribution in [3.05, 3.63) is 117 Å². The molecule has 9 heteroatoms. The van der Waals surface area contributed by atoms with Gasteiger partial charge in [0, 0.05) is 19.3 Å². The molecule has 0 aliphatic heterocycles. The highest BCUT2D eigenvalue weighted by Gasteiger charge is 2.27. The first-order valence-corrected chi connectivity index (χ1v) is 11.1. The Balaban J connectivity index is 1.63. The van der Waals surface area contributed by atoms with E-state index in [4.69, 9.17) is 14.1 Å². The minimum absolute atomic E-state index is 0.00430. The van der Waals surface area contributed by atoms with Crippen LogP contribution in [0.5, 0.6) is 5.75 Å². The van der Waals surface area contributed by atoms with Gasteiger partial charge in [0.05, 0.1) is 13.0 Å². The summed E-state index contributed by atoms with van der Waals surface area (Å²) >= 11 is 0. The summed E-state index contributed by atoms with van der Waals surface area (Å²) in [5.41, 5.74) is 1.49. The molecule has 35 heavy (non-hydrogen) atoms. The van der Waals surface area contributed by atoms with Crippen molar-refractivity contribution in [1.29, 1.82) is 0 Å². The maximum absolute atomic E-state index is 13.3. The molecule has 0 aliphatic rings. The molecule has 3 aromatic heterocycles. The van der Waals surface area contributed by atoms with Crippen LogP contribution >= 0.6 is 0 Å². The second-order valence-electron chi connectivity index (χ2n) is 8.12. The number of aryl methyl sites for hydroxylation is 1. The second-order valence-corrected chi connectivity index (χ2v) is 8.12. The summed E-state index contributed by atoms with van der Waals surface area (Å²) < 4.78 is 13.2. The third-order valence-electron chi connectivity index (χ3n) is 5.99. The summed E-state index contributed by atoms with van der Waals surface area (Å²) in [6.45, 7) is 1.71. The predicted molar refractivity (Wildman–Crippen MR) is 130 cm³/mol. The smallest absolute Gasteiger partial charge is 0.423 e. The highest BCUT2D eigenvalue weighted by molar-refractivity contribution is 5.77. The molecule has 0 amide bonds. The SMILES string of the molecule is COc1ccnc2c(=O)n([C@@H](C)c3nc(C(c4ccccc4)c4ccccc4)nn3C)c(=O)oc12. The summed E-state index contributed by atoms with van der Waals surface area (Å²) in [5.74, 6) is 0.213. The number of fused-ring (bicyclic) bond motifs is 1. The van der Waals surface area contributed by atoms with Crippen LogP contribution in [0.25, 0.3) is 11.1 Å². The molecule has 0 aliphatic carbocycles. The molecular formula is C26H23N5O4. The molecular weight excluding hydrogens is 446 g/mol. The highest BCUT2D eigenvalue weighted by atomic mass is 16.5. The van der Waals surface area contributed by atoms with Crippen LogP contribution in [-0.4, -0.2) is 31.4 Å². The predicted octanol–water partition coefficient (Wildman–Crippen LogP) is 3.28. The van der Waals surface area contributed by atoms with Crippen LogP contribution in [0, 0.1) is 0 Å². The zero-order valence-electron chi connectivity index (χ0n) is 19.5. The van der Waals surface area contributed by atoms with Crippen LogP contribution in [0.4, 0.5) is 0 Å². The lowest BCUT2D eigenvalue weighted by Gasteiger charge is -2.15. The number of benzene rings is 2. The Bertz CT molecular complexity index is 1570. The van der Waals surface area contributed by atoms with Crippen LogP contribution in [0.1, 0.15) is 41.7 Å². The van der Waals surface area contributed by atoms with Gasteiger partial charge in [0.2, 0.25) is 5.58 Å². The van der Waals surface area contributed by atoms with E-state index in [-0.39, 0.29) is 22.8 Å². The largest absolute Gasteiger partial charge is 0.493 e. The number of ether oxygens (including phenoxy) is 1. The molecule has 2 aromatic carbocycles. The van der Waals surface area contributed by atoms with Gasteiger partial charge in [-0.3, -0.25) is 9.48 Å². The molecule has 0 saturated heterocycles. The van der Waals surface area contributed by atoms with Crippen molar-refractivity contribution in [2.75, 3.05) is 7.11 Å². The van der Waals surface area contributed by atoms with Crippen LogP contribution in [-0.2, 0) is 7.05 Å². The Morgan fingerprint density at radius 3 is 2.17 bits per heavy atom. The van der Waals surface area contributed by atoms with E-state index in [1.807, 2.05) is 60.7 Å². The number of hydrogen-bond donors (Lipinski definition) is 0. The van der Waals surface area contributed by atoms with Crippen molar-refractivity contribution < 1.29 is 9.15 Å². The number of rotatable bonds is 6. The molecule has 5 rings (SSSR count). The first-order chi connectivity index (χ1) is 17.0. The molecule has 3 heterocycles. The normalized spacial score (nSPS) is 12.2. The van der Waals surface area contributed by atoms with Crippen molar-refractivity contribution in [2.45, 2.75) is 18.9 Å². The lowest BCUT2D eigenvalue weighted by atomic mass is 9.91. The summed E-state index contributed by atoms with van der Waals surface area (Å²) in [4.78, 5) is 35.1. The van der Waals surface area contributed by atoms with Crippen LogP contribution in [0.2, 0.25) is 0 Å². The number of pyridine rings is 1. The van der Waals surface area contributed by atoms with E-state index in [1.54, 1.807) is 18.7 Å². The van der Waals surface area contributed by atoms with Gasteiger partial charge in [-0.1, -0.05) is 60.7 Å². The second kappa shape index (κ2) is 9.02. The van der Waals surface area contributed by atoms with E-state index in [9.17, 15) is 9.59 Å². The van der Waals surface area contributed by atoms with Gasteiger partial charge >= 0.3 is 5.76 Å². The van der Waals surface area contributed by atoms with Gasteiger partial charge in [0.1, 0.15) is 11.9 Å². The number of aromatic nitrogens is 5. The Morgan fingerprint density at radius 1 is 0.943 bits per heavy atom. The first kappa shape index (κ1) is 22.3. The van der Waals surface area contributed by atoms with Gasteiger partial charge in [0.25, 0.3) is 5.56 Å².